The van der Waals surface area contributed by atoms with E-state index in [0.717, 1.165) is 44.1 Å². The lowest BCUT2D eigenvalue weighted by Crippen LogP contribution is -2.24. The molecular weight excluding hydrogens is 386 g/mol. The quantitative estimate of drug-likeness (QED) is 0.268. The third-order valence-electron chi connectivity index (χ3n) is 5.17. The molecular formula is C26H37N3O2. The molecule has 1 aromatic heterocycles. The highest BCUT2D eigenvalue weighted by Gasteiger charge is 2.18. The smallest absolute Gasteiger partial charge is 0.259 e. The van der Waals surface area contributed by atoms with E-state index in [4.69, 9.17) is 0 Å². The summed E-state index contributed by atoms with van der Waals surface area (Å²) in [6.07, 6.45) is 18.2. The molecule has 5 nitrogen and oxygen atoms in total. The number of nitrogens with one attached hydrogen (secondary N) is 1. The fraction of sp³-hybridized carbons (Fsp3) is 0.385. The molecule has 0 aliphatic heterocycles. The minimum atomic E-state index is -0.362. The number of aryl methyl sites for hydroxylation is 1. The van der Waals surface area contributed by atoms with Gasteiger partial charge in [-0.3, -0.25) is 9.48 Å². The van der Waals surface area contributed by atoms with Crippen LogP contribution in [0.3, 0.4) is 0 Å². The van der Waals surface area contributed by atoms with E-state index in [0.29, 0.717) is 22.9 Å². The number of carbonyl (C=O) groups excluding carboxylic acids is 1. The predicted octanol–water partition coefficient (Wildman–Crippen LogP) is 6.41. The molecule has 1 heterocycles. The number of aliphatic hydroxyl groups is 1. The molecule has 0 atom stereocenters. The van der Waals surface area contributed by atoms with Crippen molar-refractivity contribution in [3.8, 4) is 0 Å². The largest absolute Gasteiger partial charge is 0.506 e. The lowest BCUT2D eigenvalue weighted by Gasteiger charge is -2.19. The van der Waals surface area contributed by atoms with E-state index in [1.54, 1.807) is 30.0 Å². The second-order valence-corrected chi connectivity index (χ2v) is 7.45. The average Bonchev–Trinajstić information content (AvgIpc) is 3.15. The third-order valence-corrected chi connectivity index (χ3v) is 5.17. The van der Waals surface area contributed by atoms with Crippen molar-refractivity contribution in [3.05, 3.63) is 84.6 Å². The number of amides is 1. The van der Waals surface area contributed by atoms with Gasteiger partial charge in [0.15, 0.2) is 0 Å². The first-order valence-corrected chi connectivity index (χ1v) is 10.9. The summed E-state index contributed by atoms with van der Waals surface area (Å²) in [5, 5.41) is 17.4. The van der Waals surface area contributed by atoms with Crippen LogP contribution in [0.25, 0.3) is 6.08 Å². The molecule has 5 heteroatoms. The Labute approximate surface area is 187 Å². The Bertz CT molecular complexity index is 848. The van der Waals surface area contributed by atoms with Crippen LogP contribution in [-0.2, 0) is 7.05 Å². The topological polar surface area (TPSA) is 67.2 Å². The third kappa shape index (κ3) is 7.93. The minimum Gasteiger partial charge on any atom is -0.506 e. The maximum Gasteiger partial charge on any atom is 0.259 e. The highest BCUT2D eigenvalue weighted by atomic mass is 16.3. The number of carbonyl (C=O) groups is 1. The van der Waals surface area contributed by atoms with Gasteiger partial charge in [0.2, 0.25) is 0 Å². The van der Waals surface area contributed by atoms with Crippen LogP contribution in [0, 0.1) is 5.92 Å². The molecule has 1 rings (SSSR count). The molecule has 2 N–H and O–H groups in total. The van der Waals surface area contributed by atoms with E-state index in [-0.39, 0.29) is 11.7 Å². The number of nitrogens with zero attached hydrogens (tertiary/aromatic N) is 2. The van der Waals surface area contributed by atoms with Crippen LogP contribution in [0.15, 0.2) is 73.3 Å². The average molecular weight is 424 g/mol. The normalized spacial score (nSPS) is 12.7. The SMILES string of the molecule is C=C/C=C\c1c(C(=O)NC(/C=C(\C=C)C(CCCC)CCCC)=C(\O)C=C)cnn1C. The minimum absolute atomic E-state index is 0.0930. The van der Waals surface area contributed by atoms with Crippen LogP contribution in [0.2, 0.25) is 0 Å². The lowest BCUT2D eigenvalue weighted by molar-refractivity contribution is 0.0965. The van der Waals surface area contributed by atoms with Crippen molar-refractivity contribution in [1.82, 2.24) is 15.1 Å². The van der Waals surface area contributed by atoms with Crippen molar-refractivity contribution in [2.45, 2.75) is 52.4 Å². The highest BCUT2D eigenvalue weighted by molar-refractivity contribution is 5.98. The zero-order valence-electron chi connectivity index (χ0n) is 19.2. The molecule has 1 amide bonds. The van der Waals surface area contributed by atoms with Crippen molar-refractivity contribution < 1.29 is 9.90 Å². The van der Waals surface area contributed by atoms with Crippen molar-refractivity contribution >= 4 is 12.0 Å². The van der Waals surface area contributed by atoms with Gasteiger partial charge in [-0.05, 0) is 42.6 Å². The van der Waals surface area contributed by atoms with E-state index in [1.165, 1.54) is 12.3 Å². The summed E-state index contributed by atoms with van der Waals surface area (Å²) >= 11 is 0. The molecule has 1 aromatic rings. The van der Waals surface area contributed by atoms with Gasteiger partial charge in [-0.2, -0.15) is 5.10 Å². The first-order valence-electron chi connectivity index (χ1n) is 10.9. The number of hydrogen-bond acceptors (Lipinski definition) is 3. The number of unbranched alkanes of at least 4 members (excludes halogenated alkanes) is 2. The summed E-state index contributed by atoms with van der Waals surface area (Å²) in [5.41, 5.74) is 2.35. The second-order valence-electron chi connectivity index (χ2n) is 7.45. The van der Waals surface area contributed by atoms with E-state index < -0.39 is 0 Å². The van der Waals surface area contributed by atoms with Crippen LogP contribution >= 0.6 is 0 Å². The Morgan fingerprint density at radius 2 is 1.84 bits per heavy atom. The maximum atomic E-state index is 13.0. The van der Waals surface area contributed by atoms with Gasteiger partial charge in [0, 0.05) is 7.05 Å². The number of rotatable bonds is 14. The van der Waals surface area contributed by atoms with Gasteiger partial charge in [0.1, 0.15) is 5.76 Å². The fourth-order valence-electron chi connectivity index (χ4n) is 3.34. The van der Waals surface area contributed by atoms with Gasteiger partial charge in [-0.15, -0.1) is 0 Å². The Morgan fingerprint density at radius 1 is 1.19 bits per heavy atom. The highest BCUT2D eigenvalue weighted by Crippen LogP contribution is 2.26. The van der Waals surface area contributed by atoms with Gasteiger partial charge in [-0.25, -0.2) is 0 Å². The van der Waals surface area contributed by atoms with Crippen LogP contribution in [0.1, 0.15) is 68.4 Å². The molecule has 0 saturated heterocycles. The van der Waals surface area contributed by atoms with Crippen molar-refractivity contribution in [2.24, 2.45) is 13.0 Å². The van der Waals surface area contributed by atoms with Crippen molar-refractivity contribution in [1.29, 1.82) is 0 Å². The summed E-state index contributed by atoms with van der Waals surface area (Å²) in [6.45, 7) is 15.6. The number of allylic oxidation sites excluding steroid dienone is 6. The molecule has 31 heavy (non-hydrogen) atoms. The summed E-state index contributed by atoms with van der Waals surface area (Å²) in [6, 6.07) is 0. The number of aromatic nitrogens is 2. The second kappa shape index (κ2) is 14.0. The number of hydrogen-bond donors (Lipinski definition) is 2. The lowest BCUT2D eigenvalue weighted by atomic mass is 9.88. The van der Waals surface area contributed by atoms with Crippen LogP contribution in [0.5, 0.6) is 0 Å². The van der Waals surface area contributed by atoms with Gasteiger partial charge in [-0.1, -0.05) is 77.5 Å². The molecule has 0 spiro atoms. The van der Waals surface area contributed by atoms with E-state index >= 15 is 0 Å². The first-order chi connectivity index (χ1) is 14.9. The Morgan fingerprint density at radius 3 is 2.35 bits per heavy atom. The molecule has 0 bridgehead atoms. The Hall–Kier alpha value is -3.08. The molecule has 0 aliphatic carbocycles. The summed E-state index contributed by atoms with van der Waals surface area (Å²) in [5.74, 6) is -0.130. The monoisotopic (exact) mass is 423 g/mol. The van der Waals surface area contributed by atoms with Gasteiger partial charge in [0.25, 0.3) is 5.91 Å². The molecule has 0 fully saturated rings. The zero-order valence-corrected chi connectivity index (χ0v) is 19.2. The first kappa shape index (κ1) is 26.0. The molecule has 0 aromatic carbocycles. The maximum absolute atomic E-state index is 13.0. The molecule has 0 saturated carbocycles. The van der Waals surface area contributed by atoms with E-state index in [1.807, 2.05) is 12.2 Å². The van der Waals surface area contributed by atoms with Crippen molar-refractivity contribution in [3.63, 3.8) is 0 Å². The van der Waals surface area contributed by atoms with Crippen LogP contribution < -0.4 is 5.32 Å². The standard InChI is InChI=1S/C26H37N3O2/c1-7-12-15-21(16-13-8-2)20(10-4)18-23(25(30)11-5)28-26(31)22-19-27-29(6)24(22)17-14-9-3/h9-11,14,17-19,21,30H,3-5,7-8,12-13,15-16H2,1-2,6H3,(H,28,31)/b17-14-,20-18+,25-23-. The van der Waals surface area contributed by atoms with Crippen LogP contribution in [0.4, 0.5) is 0 Å². The number of aliphatic hydroxyl groups excluding tert-OH is 1. The van der Waals surface area contributed by atoms with Crippen molar-refractivity contribution in [2.75, 3.05) is 0 Å². The molecule has 0 radical (unpaired) electrons. The van der Waals surface area contributed by atoms with Gasteiger partial charge in [0.05, 0.1) is 23.2 Å². The summed E-state index contributed by atoms with van der Waals surface area (Å²) < 4.78 is 1.61. The zero-order chi connectivity index (χ0) is 23.2. The molecule has 0 unspecified atom stereocenters. The summed E-state index contributed by atoms with van der Waals surface area (Å²) in [4.78, 5) is 13.0. The van der Waals surface area contributed by atoms with Gasteiger partial charge >= 0.3 is 0 Å². The Balaban J connectivity index is 3.28. The van der Waals surface area contributed by atoms with E-state index in [9.17, 15) is 9.90 Å². The predicted molar refractivity (Wildman–Crippen MR) is 131 cm³/mol. The van der Waals surface area contributed by atoms with Crippen LogP contribution in [-0.4, -0.2) is 20.8 Å². The molecule has 0 aliphatic rings. The molecule has 168 valence electrons. The van der Waals surface area contributed by atoms with E-state index in [2.05, 4.69) is 44.0 Å². The fourth-order valence-corrected chi connectivity index (χ4v) is 3.34. The van der Waals surface area contributed by atoms with Gasteiger partial charge < -0.3 is 10.4 Å². The Kier molecular flexibility index (Phi) is 11.7. The summed E-state index contributed by atoms with van der Waals surface area (Å²) in [7, 11) is 1.76.